The van der Waals surface area contributed by atoms with Crippen molar-refractivity contribution in [2.75, 3.05) is 0 Å². The zero-order valence-electron chi connectivity index (χ0n) is 9.77. The Morgan fingerprint density at radius 3 is 2.86 bits per heavy atom. The fraction of sp³-hybridized carbons (Fsp3) is 0.857. The Kier molecular flexibility index (Phi) is 1.58. The van der Waals surface area contributed by atoms with Crippen molar-refractivity contribution < 1.29 is 0 Å². The number of rotatable bonds is 0. The van der Waals surface area contributed by atoms with Gasteiger partial charge in [-0.2, -0.15) is 0 Å². The van der Waals surface area contributed by atoms with Crippen molar-refractivity contribution in [2.45, 2.75) is 52.9 Å². The highest BCUT2D eigenvalue weighted by atomic mass is 14.6. The lowest BCUT2D eigenvalue weighted by molar-refractivity contribution is 0.210. The van der Waals surface area contributed by atoms with Crippen LogP contribution in [0.2, 0.25) is 0 Å². The maximum atomic E-state index is 2.56. The molecule has 0 heteroatoms. The van der Waals surface area contributed by atoms with Gasteiger partial charge < -0.3 is 0 Å². The van der Waals surface area contributed by atoms with E-state index in [4.69, 9.17) is 0 Å². The SMILES string of the molecule is CC1(C)C[C@@]2(C)CCC3=CCC[C@H]1[C@H]32. The lowest BCUT2D eigenvalue weighted by Gasteiger charge is -2.34. The zero-order chi connectivity index (χ0) is 9.97. The fourth-order valence-corrected chi connectivity index (χ4v) is 4.99. The molecule has 2 fully saturated rings. The molecule has 0 N–H and O–H groups in total. The van der Waals surface area contributed by atoms with Crippen LogP contribution in [0.25, 0.3) is 0 Å². The largest absolute Gasteiger partial charge is 0.0850 e. The van der Waals surface area contributed by atoms with E-state index in [9.17, 15) is 0 Å². The molecular weight excluding hydrogens is 168 g/mol. The monoisotopic (exact) mass is 190 g/mol. The second-order valence-corrected chi connectivity index (χ2v) is 6.76. The highest BCUT2D eigenvalue weighted by molar-refractivity contribution is 5.26. The van der Waals surface area contributed by atoms with Gasteiger partial charge in [-0.05, 0) is 54.8 Å². The van der Waals surface area contributed by atoms with Crippen molar-refractivity contribution in [2.24, 2.45) is 22.7 Å². The van der Waals surface area contributed by atoms with Crippen LogP contribution in [0.5, 0.6) is 0 Å². The van der Waals surface area contributed by atoms with Crippen LogP contribution in [0.3, 0.4) is 0 Å². The fourth-order valence-electron chi connectivity index (χ4n) is 4.99. The molecule has 3 aliphatic rings. The second kappa shape index (κ2) is 2.46. The molecule has 2 saturated carbocycles. The van der Waals surface area contributed by atoms with Gasteiger partial charge in [-0.25, -0.2) is 0 Å². The minimum absolute atomic E-state index is 0.610. The Morgan fingerprint density at radius 1 is 1.29 bits per heavy atom. The quantitative estimate of drug-likeness (QED) is 0.503. The third-order valence-corrected chi connectivity index (χ3v) is 5.28. The summed E-state index contributed by atoms with van der Waals surface area (Å²) in [6.45, 7) is 7.56. The molecule has 0 radical (unpaired) electrons. The average molecular weight is 190 g/mol. The van der Waals surface area contributed by atoms with Gasteiger partial charge >= 0.3 is 0 Å². The minimum atomic E-state index is 0.610. The molecule has 0 bridgehead atoms. The number of hydrogen-bond acceptors (Lipinski definition) is 0. The van der Waals surface area contributed by atoms with Crippen LogP contribution >= 0.6 is 0 Å². The molecule has 78 valence electrons. The van der Waals surface area contributed by atoms with Gasteiger partial charge in [0.25, 0.3) is 0 Å². The molecule has 0 unspecified atom stereocenters. The summed E-state index contributed by atoms with van der Waals surface area (Å²) in [5.41, 5.74) is 3.11. The summed E-state index contributed by atoms with van der Waals surface area (Å²) >= 11 is 0. The molecule has 0 aromatic rings. The molecule has 3 atom stereocenters. The maximum Gasteiger partial charge on any atom is -0.0115 e. The third-order valence-electron chi connectivity index (χ3n) is 5.28. The number of allylic oxidation sites excluding steroid dienone is 2. The molecule has 14 heavy (non-hydrogen) atoms. The van der Waals surface area contributed by atoms with Crippen molar-refractivity contribution in [1.82, 2.24) is 0 Å². The van der Waals surface area contributed by atoms with E-state index in [1.165, 1.54) is 32.1 Å². The molecule has 0 aliphatic heterocycles. The summed E-state index contributed by atoms with van der Waals surface area (Å²) in [7, 11) is 0. The first-order valence-corrected chi connectivity index (χ1v) is 6.22. The number of hydrogen-bond donors (Lipinski definition) is 0. The Hall–Kier alpha value is -0.260. The summed E-state index contributed by atoms with van der Waals surface area (Å²) in [6.07, 6.45) is 9.71. The van der Waals surface area contributed by atoms with Crippen molar-refractivity contribution in [1.29, 1.82) is 0 Å². The summed E-state index contributed by atoms with van der Waals surface area (Å²) in [4.78, 5) is 0. The lowest BCUT2D eigenvalue weighted by atomic mass is 9.71. The maximum absolute atomic E-state index is 2.56. The smallest absolute Gasteiger partial charge is 0.0115 e. The Balaban J connectivity index is 2.08. The summed E-state index contributed by atoms with van der Waals surface area (Å²) in [6, 6.07) is 0. The van der Waals surface area contributed by atoms with Gasteiger partial charge in [0.05, 0.1) is 0 Å². The standard InChI is InChI=1S/C14H22/c1-13(2)9-14(3)8-7-10-5-4-6-11(13)12(10)14/h5,11-12H,4,6-9H2,1-3H3/t11-,12-,14+/m0/s1. The van der Waals surface area contributed by atoms with E-state index in [0.717, 1.165) is 11.8 Å². The van der Waals surface area contributed by atoms with Gasteiger partial charge in [-0.1, -0.05) is 32.4 Å². The molecule has 0 spiro atoms. The third kappa shape index (κ3) is 0.951. The van der Waals surface area contributed by atoms with Crippen molar-refractivity contribution >= 4 is 0 Å². The van der Waals surface area contributed by atoms with Crippen molar-refractivity contribution in [3.63, 3.8) is 0 Å². The molecule has 0 amide bonds. The van der Waals surface area contributed by atoms with Crippen LogP contribution in [-0.4, -0.2) is 0 Å². The van der Waals surface area contributed by atoms with Crippen LogP contribution in [-0.2, 0) is 0 Å². The van der Waals surface area contributed by atoms with Crippen LogP contribution < -0.4 is 0 Å². The topological polar surface area (TPSA) is 0 Å². The van der Waals surface area contributed by atoms with E-state index < -0.39 is 0 Å². The molecule has 0 aromatic heterocycles. The highest BCUT2D eigenvalue weighted by Gasteiger charge is 2.58. The molecule has 3 rings (SSSR count). The van der Waals surface area contributed by atoms with Crippen molar-refractivity contribution in [3.8, 4) is 0 Å². The highest BCUT2D eigenvalue weighted by Crippen LogP contribution is 2.67. The van der Waals surface area contributed by atoms with E-state index in [1.807, 2.05) is 5.57 Å². The molecule has 0 aromatic carbocycles. The Morgan fingerprint density at radius 2 is 2.07 bits per heavy atom. The van der Waals surface area contributed by atoms with Gasteiger partial charge in [0.15, 0.2) is 0 Å². The van der Waals surface area contributed by atoms with Crippen LogP contribution in [0.1, 0.15) is 52.9 Å². The first kappa shape index (κ1) is 9.00. The summed E-state index contributed by atoms with van der Waals surface area (Å²) in [5, 5.41) is 0. The van der Waals surface area contributed by atoms with Gasteiger partial charge in [-0.3, -0.25) is 0 Å². The Bertz CT molecular complexity index is 297. The minimum Gasteiger partial charge on any atom is -0.0850 e. The van der Waals surface area contributed by atoms with Gasteiger partial charge in [0, 0.05) is 0 Å². The molecule has 3 aliphatic carbocycles. The lowest BCUT2D eigenvalue weighted by Crippen LogP contribution is -2.25. The Labute approximate surface area is 87.8 Å². The van der Waals surface area contributed by atoms with E-state index >= 15 is 0 Å². The first-order chi connectivity index (χ1) is 6.53. The molecular formula is C14H22. The predicted octanol–water partition coefficient (Wildman–Crippen LogP) is 4.17. The zero-order valence-corrected chi connectivity index (χ0v) is 9.77. The van der Waals surface area contributed by atoms with E-state index in [2.05, 4.69) is 26.8 Å². The van der Waals surface area contributed by atoms with Gasteiger partial charge in [0.1, 0.15) is 0 Å². The van der Waals surface area contributed by atoms with E-state index in [1.54, 1.807) is 0 Å². The summed E-state index contributed by atoms with van der Waals surface area (Å²) in [5.74, 6) is 1.96. The van der Waals surface area contributed by atoms with Gasteiger partial charge in [-0.15, -0.1) is 0 Å². The second-order valence-electron chi connectivity index (χ2n) is 6.76. The summed E-state index contributed by atoms with van der Waals surface area (Å²) < 4.78 is 0. The van der Waals surface area contributed by atoms with Crippen LogP contribution in [0.4, 0.5) is 0 Å². The van der Waals surface area contributed by atoms with Gasteiger partial charge in [0.2, 0.25) is 0 Å². The molecule has 0 heterocycles. The molecule has 0 saturated heterocycles. The van der Waals surface area contributed by atoms with Crippen LogP contribution in [0, 0.1) is 22.7 Å². The van der Waals surface area contributed by atoms with Crippen LogP contribution in [0.15, 0.2) is 11.6 Å². The molecule has 0 nitrogen and oxygen atoms in total. The average Bonchev–Trinajstić information content (AvgIpc) is 2.52. The van der Waals surface area contributed by atoms with E-state index in [-0.39, 0.29) is 0 Å². The first-order valence-electron chi connectivity index (χ1n) is 6.22. The normalized spacial score (nSPS) is 48.9. The van der Waals surface area contributed by atoms with Crippen molar-refractivity contribution in [3.05, 3.63) is 11.6 Å². The van der Waals surface area contributed by atoms with E-state index in [0.29, 0.717) is 10.8 Å². The predicted molar refractivity (Wildman–Crippen MR) is 60.0 cm³/mol.